The van der Waals surface area contributed by atoms with Gasteiger partial charge in [0.05, 0.1) is 0 Å². The van der Waals surface area contributed by atoms with Crippen LogP contribution in [0, 0.1) is 17.6 Å². The molecule has 1 aliphatic heterocycles. The van der Waals surface area contributed by atoms with Crippen molar-refractivity contribution in [1.29, 1.82) is 0 Å². The van der Waals surface area contributed by atoms with Crippen LogP contribution in [0.2, 0.25) is 0 Å². The third-order valence-electron chi connectivity index (χ3n) is 3.79. The summed E-state index contributed by atoms with van der Waals surface area (Å²) in [6.07, 6.45) is 1.82. The van der Waals surface area contributed by atoms with Crippen molar-refractivity contribution in [3.05, 3.63) is 29.3 Å². The summed E-state index contributed by atoms with van der Waals surface area (Å²) in [6, 6.07) is 2.83. The molecule has 0 atom stereocenters. The number of nitrogens with one attached hydrogen (secondary N) is 1. The van der Waals surface area contributed by atoms with Crippen LogP contribution >= 0.6 is 0 Å². The van der Waals surface area contributed by atoms with E-state index in [0.717, 1.165) is 19.4 Å². The average molecular weight is 284 g/mol. The lowest BCUT2D eigenvalue weighted by molar-refractivity contribution is 0.139. The molecule has 0 aliphatic carbocycles. The van der Waals surface area contributed by atoms with E-state index in [1.807, 2.05) is 0 Å². The van der Waals surface area contributed by atoms with Crippen molar-refractivity contribution in [1.82, 2.24) is 5.32 Å². The Bertz CT molecular complexity index is 422. The Morgan fingerprint density at radius 2 is 1.85 bits per heavy atom. The van der Waals surface area contributed by atoms with Crippen molar-refractivity contribution in [2.45, 2.75) is 19.4 Å². The standard InChI is InChI=1S/C15H22F2N2O/c1-18-9-12-7-13(16)15(14(17)8-12)19-5-3-11(4-6-19)10-20-2/h7-8,11,18H,3-6,9-10H2,1-2H3. The van der Waals surface area contributed by atoms with Crippen molar-refractivity contribution >= 4 is 5.69 Å². The number of hydrogen-bond donors (Lipinski definition) is 1. The van der Waals surface area contributed by atoms with Crippen molar-refractivity contribution in [2.24, 2.45) is 5.92 Å². The second-order valence-electron chi connectivity index (χ2n) is 5.32. The average Bonchev–Trinajstić information content (AvgIpc) is 2.40. The number of rotatable bonds is 5. The van der Waals surface area contributed by atoms with Crippen LogP contribution in [-0.2, 0) is 11.3 Å². The summed E-state index contributed by atoms with van der Waals surface area (Å²) < 4.78 is 33.4. The predicted octanol–water partition coefficient (Wildman–Crippen LogP) is 2.55. The van der Waals surface area contributed by atoms with Gasteiger partial charge in [0.25, 0.3) is 0 Å². The smallest absolute Gasteiger partial charge is 0.149 e. The van der Waals surface area contributed by atoms with Gasteiger partial charge >= 0.3 is 0 Å². The van der Waals surface area contributed by atoms with Gasteiger partial charge in [0, 0.05) is 33.4 Å². The van der Waals surface area contributed by atoms with Crippen molar-refractivity contribution < 1.29 is 13.5 Å². The summed E-state index contributed by atoms with van der Waals surface area (Å²) in [5.74, 6) is -0.452. The third-order valence-corrected chi connectivity index (χ3v) is 3.79. The highest BCUT2D eigenvalue weighted by molar-refractivity contribution is 5.51. The van der Waals surface area contributed by atoms with Crippen LogP contribution in [0.25, 0.3) is 0 Å². The van der Waals surface area contributed by atoms with Crippen LogP contribution in [0.3, 0.4) is 0 Å². The Morgan fingerprint density at radius 1 is 1.25 bits per heavy atom. The molecule has 0 amide bonds. The zero-order valence-electron chi connectivity index (χ0n) is 12.1. The van der Waals surface area contributed by atoms with E-state index in [-0.39, 0.29) is 5.69 Å². The molecule has 0 spiro atoms. The minimum atomic E-state index is -0.472. The Kier molecular flexibility index (Phi) is 5.31. The fourth-order valence-electron chi connectivity index (χ4n) is 2.79. The van der Waals surface area contributed by atoms with Gasteiger partial charge in [-0.25, -0.2) is 8.78 Å². The van der Waals surface area contributed by atoms with Crippen LogP contribution in [-0.4, -0.2) is 33.9 Å². The van der Waals surface area contributed by atoms with E-state index in [9.17, 15) is 8.78 Å². The summed E-state index contributed by atoms with van der Waals surface area (Å²) in [7, 11) is 3.44. The third kappa shape index (κ3) is 3.46. The zero-order valence-corrected chi connectivity index (χ0v) is 12.1. The topological polar surface area (TPSA) is 24.5 Å². The molecule has 112 valence electrons. The molecule has 1 aromatic carbocycles. The predicted molar refractivity (Wildman–Crippen MR) is 75.9 cm³/mol. The molecule has 1 heterocycles. The number of nitrogens with zero attached hydrogens (tertiary/aromatic N) is 1. The largest absolute Gasteiger partial charge is 0.384 e. The molecule has 1 fully saturated rings. The van der Waals surface area contributed by atoms with Gasteiger partial charge in [0.1, 0.15) is 17.3 Å². The molecule has 0 saturated carbocycles. The Balaban J connectivity index is 2.10. The van der Waals surface area contributed by atoms with Gasteiger partial charge in [0.15, 0.2) is 0 Å². The van der Waals surface area contributed by atoms with Crippen molar-refractivity contribution in [3.8, 4) is 0 Å². The molecule has 2 rings (SSSR count). The van der Waals surface area contributed by atoms with Gasteiger partial charge in [-0.15, -0.1) is 0 Å². The van der Waals surface area contributed by atoms with Crippen molar-refractivity contribution in [2.75, 3.05) is 38.8 Å². The maximum Gasteiger partial charge on any atom is 0.149 e. The second-order valence-corrected chi connectivity index (χ2v) is 5.32. The lowest BCUT2D eigenvalue weighted by atomic mass is 9.97. The van der Waals surface area contributed by atoms with Gasteiger partial charge in [-0.05, 0) is 43.5 Å². The zero-order chi connectivity index (χ0) is 14.5. The van der Waals surface area contributed by atoms with Gasteiger partial charge in [-0.1, -0.05) is 0 Å². The maximum absolute atomic E-state index is 14.1. The normalized spacial score (nSPS) is 16.7. The summed E-state index contributed by atoms with van der Waals surface area (Å²) >= 11 is 0. The van der Waals surface area contributed by atoms with Gasteiger partial charge in [-0.3, -0.25) is 0 Å². The van der Waals surface area contributed by atoms with Gasteiger partial charge < -0.3 is 15.0 Å². The van der Waals surface area contributed by atoms with E-state index < -0.39 is 11.6 Å². The van der Waals surface area contributed by atoms with E-state index >= 15 is 0 Å². The lowest BCUT2D eigenvalue weighted by Gasteiger charge is -2.33. The molecule has 3 nitrogen and oxygen atoms in total. The molecule has 1 aromatic rings. The summed E-state index contributed by atoms with van der Waals surface area (Å²) in [5.41, 5.74) is 0.737. The first-order chi connectivity index (χ1) is 9.65. The molecule has 20 heavy (non-hydrogen) atoms. The fraction of sp³-hybridized carbons (Fsp3) is 0.600. The Hall–Kier alpha value is -1.20. The number of hydrogen-bond acceptors (Lipinski definition) is 3. The lowest BCUT2D eigenvalue weighted by Crippen LogP contribution is -2.36. The van der Waals surface area contributed by atoms with E-state index in [0.29, 0.717) is 31.1 Å². The highest BCUT2D eigenvalue weighted by atomic mass is 19.1. The van der Waals surface area contributed by atoms with Crippen LogP contribution < -0.4 is 10.2 Å². The van der Waals surface area contributed by atoms with Gasteiger partial charge in [0.2, 0.25) is 0 Å². The maximum atomic E-state index is 14.1. The number of anilines is 1. The summed E-state index contributed by atoms with van der Waals surface area (Å²) in [4.78, 5) is 1.81. The fourth-order valence-corrected chi connectivity index (χ4v) is 2.79. The number of piperidine rings is 1. The summed E-state index contributed by atoms with van der Waals surface area (Å²) in [5, 5.41) is 2.90. The van der Waals surface area contributed by atoms with E-state index in [4.69, 9.17) is 4.74 Å². The number of halogens is 2. The minimum Gasteiger partial charge on any atom is -0.384 e. The highest BCUT2D eigenvalue weighted by Gasteiger charge is 2.24. The molecule has 0 radical (unpaired) electrons. The quantitative estimate of drug-likeness (QED) is 0.899. The first-order valence-corrected chi connectivity index (χ1v) is 7.02. The molecule has 1 N–H and O–H groups in total. The number of methoxy groups -OCH3 is 1. The minimum absolute atomic E-state index is 0.112. The van der Waals surface area contributed by atoms with E-state index in [1.165, 1.54) is 12.1 Å². The first-order valence-electron chi connectivity index (χ1n) is 7.02. The van der Waals surface area contributed by atoms with Crippen LogP contribution in [0.1, 0.15) is 18.4 Å². The monoisotopic (exact) mass is 284 g/mol. The molecule has 0 aromatic heterocycles. The second kappa shape index (κ2) is 6.99. The Labute approximate surface area is 118 Å². The van der Waals surface area contributed by atoms with E-state index in [2.05, 4.69) is 5.32 Å². The molecule has 1 aliphatic rings. The first kappa shape index (κ1) is 15.2. The number of benzene rings is 1. The molecule has 0 unspecified atom stereocenters. The molecular weight excluding hydrogens is 262 g/mol. The SMILES string of the molecule is CNCc1cc(F)c(N2CCC(COC)CC2)c(F)c1. The number of ether oxygens (including phenoxy) is 1. The highest BCUT2D eigenvalue weighted by Crippen LogP contribution is 2.29. The molecule has 5 heteroatoms. The summed E-state index contributed by atoms with van der Waals surface area (Å²) in [6.45, 7) is 2.53. The molecular formula is C15H22F2N2O. The Morgan fingerprint density at radius 3 is 2.35 bits per heavy atom. The van der Waals surface area contributed by atoms with Crippen molar-refractivity contribution in [3.63, 3.8) is 0 Å². The van der Waals surface area contributed by atoms with E-state index in [1.54, 1.807) is 19.1 Å². The molecule has 0 bridgehead atoms. The van der Waals surface area contributed by atoms with Crippen LogP contribution in [0.5, 0.6) is 0 Å². The van der Waals surface area contributed by atoms with Crippen LogP contribution in [0.4, 0.5) is 14.5 Å². The molecule has 1 saturated heterocycles. The van der Waals surface area contributed by atoms with Crippen LogP contribution in [0.15, 0.2) is 12.1 Å². The van der Waals surface area contributed by atoms with Gasteiger partial charge in [-0.2, -0.15) is 0 Å².